The highest BCUT2D eigenvalue weighted by Gasteiger charge is 2.32. The van der Waals surface area contributed by atoms with Gasteiger partial charge in [-0.15, -0.1) is 0 Å². The van der Waals surface area contributed by atoms with Gasteiger partial charge in [0.2, 0.25) is 0 Å². The van der Waals surface area contributed by atoms with Crippen molar-refractivity contribution in [2.75, 3.05) is 20.2 Å². The zero-order valence-corrected chi connectivity index (χ0v) is 15.0. The van der Waals surface area contributed by atoms with E-state index >= 15 is 0 Å². The molecule has 136 valence electrons. The molecule has 25 heavy (non-hydrogen) atoms. The highest BCUT2D eigenvalue weighted by Crippen LogP contribution is 2.33. The molecule has 2 amide bonds. The first-order chi connectivity index (χ1) is 12.1. The molecule has 0 saturated carbocycles. The lowest BCUT2D eigenvalue weighted by Gasteiger charge is -2.23. The van der Waals surface area contributed by atoms with E-state index in [2.05, 4.69) is 10.5 Å². The molecule has 1 N–H and O–H groups in total. The lowest BCUT2D eigenvalue weighted by atomic mass is 10.1. The second kappa shape index (κ2) is 7.74. The van der Waals surface area contributed by atoms with E-state index in [0.29, 0.717) is 19.6 Å². The van der Waals surface area contributed by atoms with E-state index in [1.54, 1.807) is 7.11 Å². The maximum Gasteiger partial charge on any atom is 0.318 e. The van der Waals surface area contributed by atoms with E-state index in [-0.39, 0.29) is 12.1 Å². The van der Waals surface area contributed by atoms with Gasteiger partial charge in [-0.25, -0.2) is 4.79 Å². The number of hydrogen-bond donors (Lipinski definition) is 1. The quantitative estimate of drug-likeness (QED) is 0.868. The third kappa shape index (κ3) is 3.87. The molecule has 1 aliphatic heterocycles. The lowest BCUT2D eigenvalue weighted by molar-refractivity contribution is 0.156. The number of rotatable bonds is 6. The van der Waals surface area contributed by atoms with Gasteiger partial charge in [-0.2, -0.15) is 0 Å². The third-order valence-corrected chi connectivity index (χ3v) is 4.64. The van der Waals surface area contributed by atoms with Crippen LogP contribution < -0.4 is 5.32 Å². The van der Waals surface area contributed by atoms with Crippen molar-refractivity contribution in [2.24, 2.45) is 0 Å². The summed E-state index contributed by atoms with van der Waals surface area (Å²) >= 11 is 0. The molecule has 0 aromatic carbocycles. The SMILES string of the molecule is COCc1ccc([C@@H]2CCCN2C(=O)NCCc2c(C)noc2C)o1. The Bertz CT molecular complexity index is 702. The Balaban J connectivity index is 1.57. The summed E-state index contributed by atoms with van der Waals surface area (Å²) in [6.45, 7) is 5.54. The van der Waals surface area contributed by atoms with Crippen molar-refractivity contribution in [3.63, 3.8) is 0 Å². The molecule has 2 aromatic rings. The second-order valence-electron chi connectivity index (χ2n) is 6.37. The first kappa shape index (κ1) is 17.5. The van der Waals surface area contributed by atoms with E-state index in [9.17, 15) is 4.79 Å². The van der Waals surface area contributed by atoms with Crippen molar-refractivity contribution >= 4 is 6.03 Å². The van der Waals surface area contributed by atoms with Crippen molar-refractivity contribution in [3.05, 3.63) is 40.7 Å². The van der Waals surface area contributed by atoms with Crippen LogP contribution in [0.5, 0.6) is 0 Å². The molecule has 1 aliphatic rings. The fourth-order valence-corrected chi connectivity index (χ4v) is 3.35. The topological polar surface area (TPSA) is 80.7 Å². The number of aromatic nitrogens is 1. The molecule has 7 nitrogen and oxygen atoms in total. The van der Waals surface area contributed by atoms with Crippen molar-refractivity contribution in [2.45, 2.75) is 45.8 Å². The van der Waals surface area contributed by atoms with Crippen LogP contribution in [0.15, 0.2) is 21.1 Å². The molecule has 3 heterocycles. The molecule has 3 rings (SSSR count). The average molecular weight is 347 g/mol. The Morgan fingerprint density at radius 1 is 1.44 bits per heavy atom. The minimum absolute atomic E-state index is 0.00956. The van der Waals surface area contributed by atoms with Gasteiger partial charge in [0, 0.05) is 25.8 Å². The molecular weight excluding hydrogens is 322 g/mol. The summed E-state index contributed by atoms with van der Waals surface area (Å²) < 4.78 is 16.1. The second-order valence-corrected chi connectivity index (χ2v) is 6.37. The summed E-state index contributed by atoms with van der Waals surface area (Å²) in [7, 11) is 1.64. The summed E-state index contributed by atoms with van der Waals surface area (Å²) in [5, 5.41) is 6.94. The number of amides is 2. The van der Waals surface area contributed by atoms with Gasteiger partial charge in [-0.3, -0.25) is 0 Å². The van der Waals surface area contributed by atoms with Crippen LogP contribution in [0.1, 0.15) is 47.4 Å². The molecule has 0 aliphatic carbocycles. The first-order valence-corrected chi connectivity index (χ1v) is 8.64. The number of nitrogens with zero attached hydrogens (tertiary/aromatic N) is 2. The van der Waals surface area contributed by atoms with Gasteiger partial charge in [0.1, 0.15) is 23.9 Å². The number of carbonyl (C=O) groups excluding carboxylic acids is 1. The number of ether oxygens (including phenoxy) is 1. The Labute approximate surface area is 147 Å². The number of nitrogens with one attached hydrogen (secondary N) is 1. The molecule has 0 radical (unpaired) electrons. The number of aryl methyl sites for hydroxylation is 2. The van der Waals surface area contributed by atoms with Crippen molar-refractivity contribution in [3.8, 4) is 0 Å². The Morgan fingerprint density at radius 3 is 3.00 bits per heavy atom. The standard InChI is InChI=1S/C18H25N3O4/c1-12-15(13(2)25-20-12)8-9-19-18(22)21-10-4-5-16(21)17-7-6-14(24-17)11-23-3/h6-7,16H,4-5,8-11H2,1-3H3,(H,19,22)/t16-/m0/s1. The van der Waals surface area contributed by atoms with Crippen LogP contribution in [0.4, 0.5) is 4.79 Å². The fraction of sp³-hybridized carbons (Fsp3) is 0.556. The predicted molar refractivity (Wildman–Crippen MR) is 91.2 cm³/mol. The molecule has 2 aromatic heterocycles. The predicted octanol–water partition coefficient (Wildman–Crippen LogP) is 3.12. The van der Waals surface area contributed by atoms with Crippen LogP contribution in [-0.2, 0) is 17.8 Å². The van der Waals surface area contributed by atoms with Crippen LogP contribution in [0.3, 0.4) is 0 Å². The summed E-state index contributed by atoms with van der Waals surface area (Å²) in [4.78, 5) is 14.4. The molecule has 1 fully saturated rings. The fourth-order valence-electron chi connectivity index (χ4n) is 3.35. The zero-order chi connectivity index (χ0) is 17.8. The van der Waals surface area contributed by atoms with Gasteiger partial charge in [0.15, 0.2) is 0 Å². The van der Waals surface area contributed by atoms with Gasteiger partial charge in [-0.05, 0) is 45.2 Å². The van der Waals surface area contributed by atoms with Gasteiger partial charge < -0.3 is 23.9 Å². The minimum Gasteiger partial charge on any atom is -0.461 e. The Hall–Kier alpha value is -2.28. The summed E-state index contributed by atoms with van der Waals surface area (Å²) in [5.41, 5.74) is 1.94. The van der Waals surface area contributed by atoms with Crippen molar-refractivity contribution < 1.29 is 18.5 Å². The van der Waals surface area contributed by atoms with Crippen LogP contribution in [-0.4, -0.2) is 36.3 Å². The molecule has 1 saturated heterocycles. The van der Waals surface area contributed by atoms with Crippen LogP contribution in [0, 0.1) is 13.8 Å². The normalized spacial score (nSPS) is 17.2. The third-order valence-electron chi connectivity index (χ3n) is 4.64. The van der Waals surface area contributed by atoms with Crippen LogP contribution in [0.2, 0.25) is 0 Å². The molecule has 0 spiro atoms. The molecule has 7 heteroatoms. The Kier molecular flexibility index (Phi) is 5.43. The molecular formula is C18H25N3O4. The first-order valence-electron chi connectivity index (χ1n) is 8.64. The largest absolute Gasteiger partial charge is 0.461 e. The summed E-state index contributed by atoms with van der Waals surface area (Å²) in [5.74, 6) is 2.42. The number of hydrogen-bond acceptors (Lipinski definition) is 5. The Morgan fingerprint density at radius 2 is 2.28 bits per heavy atom. The van der Waals surface area contributed by atoms with Crippen LogP contribution in [0.25, 0.3) is 0 Å². The highest BCUT2D eigenvalue weighted by atomic mass is 16.5. The van der Waals surface area contributed by atoms with Crippen molar-refractivity contribution in [1.29, 1.82) is 0 Å². The summed E-state index contributed by atoms with van der Waals surface area (Å²) in [6, 6.07) is 3.78. The molecule has 0 unspecified atom stereocenters. The van der Waals surface area contributed by atoms with Gasteiger partial charge in [0.25, 0.3) is 0 Å². The summed E-state index contributed by atoms with van der Waals surface area (Å²) in [6.07, 6.45) is 2.60. The number of furan rings is 1. The maximum absolute atomic E-state index is 12.6. The average Bonchev–Trinajstić information content (AvgIpc) is 3.30. The maximum atomic E-state index is 12.6. The number of urea groups is 1. The number of carbonyl (C=O) groups is 1. The van der Waals surface area contributed by atoms with Gasteiger partial charge in [0.05, 0.1) is 11.7 Å². The smallest absolute Gasteiger partial charge is 0.318 e. The highest BCUT2D eigenvalue weighted by molar-refractivity contribution is 5.75. The molecule has 1 atom stereocenters. The monoisotopic (exact) mass is 347 g/mol. The lowest BCUT2D eigenvalue weighted by Crippen LogP contribution is -2.40. The van der Waals surface area contributed by atoms with E-state index in [1.807, 2.05) is 30.9 Å². The van der Waals surface area contributed by atoms with Gasteiger partial charge >= 0.3 is 6.03 Å². The number of methoxy groups -OCH3 is 1. The van der Waals surface area contributed by atoms with E-state index in [1.165, 1.54) is 0 Å². The molecule has 0 bridgehead atoms. The van der Waals surface area contributed by atoms with E-state index in [0.717, 1.165) is 47.9 Å². The van der Waals surface area contributed by atoms with E-state index < -0.39 is 0 Å². The number of likely N-dealkylation sites (tertiary alicyclic amines) is 1. The van der Waals surface area contributed by atoms with Gasteiger partial charge in [-0.1, -0.05) is 5.16 Å². The van der Waals surface area contributed by atoms with Crippen molar-refractivity contribution in [1.82, 2.24) is 15.4 Å². The van der Waals surface area contributed by atoms with E-state index in [4.69, 9.17) is 13.7 Å². The minimum atomic E-state index is -0.0565. The van der Waals surface area contributed by atoms with Crippen LogP contribution >= 0.6 is 0 Å². The zero-order valence-electron chi connectivity index (χ0n) is 15.0.